The minimum Gasteiger partial charge on any atom is -0.403 e. The van der Waals surface area contributed by atoms with Crippen LogP contribution in [0.15, 0.2) is 58.3 Å². The molecule has 2 aromatic carbocycles. The summed E-state index contributed by atoms with van der Waals surface area (Å²) in [7, 11) is 0. The molecule has 0 bridgehead atoms. The van der Waals surface area contributed by atoms with Gasteiger partial charge in [0.1, 0.15) is 5.82 Å². The van der Waals surface area contributed by atoms with Crippen LogP contribution in [0.3, 0.4) is 0 Å². The molecule has 0 aliphatic rings. The number of carbonyl (C=O) groups excluding carboxylic acids is 1. The highest BCUT2D eigenvalue weighted by molar-refractivity contribution is 7.99. The van der Waals surface area contributed by atoms with E-state index in [4.69, 9.17) is 4.74 Å². The maximum atomic E-state index is 13.2. The molecule has 1 aromatic heterocycles. The standard InChI is InChI=1S/C21H20FN3O4S/c1-13-18(30-17-8-6-5-7-16(17)25(27)28)19(24(23-13)21(2,3)4)29-20(26)14-9-11-15(22)12-10-14/h5-12H,1-4H3. The maximum absolute atomic E-state index is 13.2. The topological polar surface area (TPSA) is 87.3 Å². The third-order valence-electron chi connectivity index (χ3n) is 4.14. The van der Waals surface area contributed by atoms with Gasteiger partial charge in [0.25, 0.3) is 5.69 Å². The number of hydrogen-bond acceptors (Lipinski definition) is 6. The molecular formula is C21H20FN3O4S. The lowest BCUT2D eigenvalue weighted by Gasteiger charge is -2.22. The molecule has 0 N–H and O–H groups in total. The fraction of sp³-hybridized carbons (Fsp3) is 0.238. The van der Waals surface area contributed by atoms with Gasteiger partial charge in [-0.3, -0.25) is 10.1 Å². The van der Waals surface area contributed by atoms with E-state index in [0.29, 0.717) is 15.5 Å². The molecule has 0 fully saturated rings. The molecule has 0 amide bonds. The number of hydrogen-bond donors (Lipinski definition) is 0. The Bertz CT molecular complexity index is 1100. The summed E-state index contributed by atoms with van der Waals surface area (Å²) in [6.45, 7) is 7.44. The molecule has 156 valence electrons. The first-order chi connectivity index (χ1) is 14.1. The summed E-state index contributed by atoms with van der Waals surface area (Å²) < 4.78 is 20.4. The number of rotatable bonds is 5. The number of aromatic nitrogens is 2. The monoisotopic (exact) mass is 429 g/mol. The van der Waals surface area contributed by atoms with E-state index >= 15 is 0 Å². The normalized spacial score (nSPS) is 11.4. The zero-order valence-corrected chi connectivity index (χ0v) is 17.7. The van der Waals surface area contributed by atoms with Crippen molar-refractivity contribution in [2.45, 2.75) is 43.0 Å². The van der Waals surface area contributed by atoms with Gasteiger partial charge in [-0.25, -0.2) is 13.9 Å². The molecule has 0 aliphatic carbocycles. The number of para-hydroxylation sites is 1. The van der Waals surface area contributed by atoms with Crippen LogP contribution in [-0.4, -0.2) is 20.7 Å². The molecule has 0 spiro atoms. The molecule has 0 saturated heterocycles. The number of halogens is 1. The van der Waals surface area contributed by atoms with Gasteiger partial charge in [-0.05, 0) is 58.0 Å². The quantitative estimate of drug-likeness (QED) is 0.308. The van der Waals surface area contributed by atoms with Crippen molar-refractivity contribution in [1.29, 1.82) is 0 Å². The first-order valence-electron chi connectivity index (χ1n) is 9.07. The van der Waals surface area contributed by atoms with Crippen LogP contribution in [0.2, 0.25) is 0 Å². The second-order valence-corrected chi connectivity index (χ2v) is 8.58. The Labute approximate surface area is 177 Å². The summed E-state index contributed by atoms with van der Waals surface area (Å²) in [6.07, 6.45) is 0. The van der Waals surface area contributed by atoms with E-state index in [-0.39, 0.29) is 17.1 Å². The zero-order valence-electron chi connectivity index (χ0n) is 16.9. The number of nitro benzene ring substituents is 1. The molecule has 0 unspecified atom stereocenters. The number of nitro groups is 1. The summed E-state index contributed by atoms with van der Waals surface area (Å²) in [5, 5.41) is 15.9. The van der Waals surface area contributed by atoms with Gasteiger partial charge in [-0.2, -0.15) is 5.10 Å². The van der Waals surface area contributed by atoms with E-state index in [1.807, 2.05) is 20.8 Å². The second kappa shape index (κ2) is 8.27. The van der Waals surface area contributed by atoms with Crippen molar-refractivity contribution in [3.63, 3.8) is 0 Å². The number of nitrogens with zero attached hydrogens (tertiary/aromatic N) is 3. The van der Waals surface area contributed by atoms with Crippen LogP contribution < -0.4 is 4.74 Å². The van der Waals surface area contributed by atoms with Gasteiger partial charge in [-0.15, -0.1) is 0 Å². The number of aryl methyl sites for hydroxylation is 1. The molecule has 0 radical (unpaired) electrons. The van der Waals surface area contributed by atoms with Gasteiger partial charge in [-0.1, -0.05) is 23.9 Å². The van der Waals surface area contributed by atoms with Crippen LogP contribution in [0, 0.1) is 22.9 Å². The number of carbonyl (C=O) groups is 1. The van der Waals surface area contributed by atoms with Gasteiger partial charge in [0, 0.05) is 6.07 Å². The van der Waals surface area contributed by atoms with E-state index < -0.39 is 22.2 Å². The Kier molecular flexibility index (Phi) is 5.93. The first-order valence-corrected chi connectivity index (χ1v) is 9.88. The molecular weight excluding hydrogens is 409 g/mol. The van der Waals surface area contributed by atoms with Crippen molar-refractivity contribution in [3.8, 4) is 5.88 Å². The number of ether oxygens (including phenoxy) is 1. The van der Waals surface area contributed by atoms with Crippen molar-refractivity contribution in [2.75, 3.05) is 0 Å². The molecule has 7 nitrogen and oxygen atoms in total. The van der Waals surface area contributed by atoms with E-state index in [1.54, 1.807) is 29.8 Å². The van der Waals surface area contributed by atoms with Crippen LogP contribution in [0.1, 0.15) is 36.8 Å². The highest BCUT2D eigenvalue weighted by Gasteiger charge is 2.29. The summed E-state index contributed by atoms with van der Waals surface area (Å²) in [5.74, 6) is -0.961. The molecule has 3 rings (SSSR count). The van der Waals surface area contributed by atoms with Crippen molar-refractivity contribution in [3.05, 3.63) is 75.7 Å². The lowest BCUT2D eigenvalue weighted by molar-refractivity contribution is -0.387. The van der Waals surface area contributed by atoms with E-state index in [9.17, 15) is 19.3 Å². The smallest absolute Gasteiger partial charge is 0.344 e. The summed E-state index contributed by atoms with van der Waals surface area (Å²) in [6, 6.07) is 11.3. The van der Waals surface area contributed by atoms with Gasteiger partial charge < -0.3 is 4.74 Å². The predicted molar refractivity (Wildman–Crippen MR) is 111 cm³/mol. The molecule has 9 heteroatoms. The Morgan fingerprint density at radius 2 is 1.80 bits per heavy atom. The zero-order chi connectivity index (χ0) is 22.1. The Balaban J connectivity index is 2.06. The average molecular weight is 429 g/mol. The SMILES string of the molecule is Cc1nn(C(C)(C)C)c(OC(=O)c2ccc(F)cc2)c1Sc1ccccc1[N+](=O)[O-]. The molecule has 30 heavy (non-hydrogen) atoms. The third-order valence-corrected chi connectivity index (χ3v) is 5.38. The largest absolute Gasteiger partial charge is 0.403 e. The molecule has 1 heterocycles. The summed E-state index contributed by atoms with van der Waals surface area (Å²) >= 11 is 1.11. The third kappa shape index (κ3) is 4.51. The Hall–Kier alpha value is -3.20. The van der Waals surface area contributed by atoms with Gasteiger partial charge in [0.05, 0.1) is 31.5 Å². The van der Waals surface area contributed by atoms with Gasteiger partial charge in [0.2, 0.25) is 5.88 Å². The van der Waals surface area contributed by atoms with Crippen LogP contribution in [0.5, 0.6) is 5.88 Å². The summed E-state index contributed by atoms with van der Waals surface area (Å²) in [5.41, 5.74) is 0.165. The van der Waals surface area contributed by atoms with Crippen molar-refractivity contribution in [2.24, 2.45) is 0 Å². The second-order valence-electron chi connectivity index (χ2n) is 7.53. The van der Waals surface area contributed by atoms with Crippen molar-refractivity contribution in [1.82, 2.24) is 9.78 Å². The van der Waals surface area contributed by atoms with E-state index in [2.05, 4.69) is 5.10 Å². The van der Waals surface area contributed by atoms with E-state index in [1.165, 1.54) is 30.3 Å². The Morgan fingerprint density at radius 3 is 2.40 bits per heavy atom. The maximum Gasteiger partial charge on any atom is 0.344 e. The van der Waals surface area contributed by atoms with Crippen molar-refractivity contribution >= 4 is 23.4 Å². The number of esters is 1. The lowest BCUT2D eigenvalue weighted by atomic mass is 10.1. The van der Waals surface area contributed by atoms with Gasteiger partial charge in [0.15, 0.2) is 0 Å². The fourth-order valence-electron chi connectivity index (χ4n) is 2.69. The molecule has 0 saturated carbocycles. The first kappa shape index (κ1) is 21.5. The van der Waals surface area contributed by atoms with Crippen LogP contribution in [0.25, 0.3) is 0 Å². The highest BCUT2D eigenvalue weighted by Crippen LogP contribution is 2.43. The highest BCUT2D eigenvalue weighted by atomic mass is 32.2. The summed E-state index contributed by atoms with van der Waals surface area (Å²) in [4.78, 5) is 24.5. The van der Waals surface area contributed by atoms with Crippen LogP contribution >= 0.6 is 11.8 Å². The average Bonchev–Trinajstić information content (AvgIpc) is 2.98. The fourth-order valence-corrected chi connectivity index (χ4v) is 3.71. The minimum atomic E-state index is -0.676. The van der Waals surface area contributed by atoms with Crippen LogP contribution in [0.4, 0.5) is 10.1 Å². The molecule has 0 atom stereocenters. The minimum absolute atomic E-state index is 0.0544. The lowest BCUT2D eigenvalue weighted by Crippen LogP contribution is -2.25. The van der Waals surface area contributed by atoms with Crippen molar-refractivity contribution < 1.29 is 18.8 Å². The Morgan fingerprint density at radius 1 is 1.17 bits per heavy atom. The van der Waals surface area contributed by atoms with Crippen LogP contribution in [-0.2, 0) is 5.54 Å². The molecule has 0 aliphatic heterocycles. The number of benzene rings is 2. The molecule has 3 aromatic rings. The predicted octanol–water partition coefficient (Wildman–Crippen LogP) is 5.36. The van der Waals surface area contributed by atoms with Gasteiger partial charge >= 0.3 is 5.97 Å². The van der Waals surface area contributed by atoms with E-state index in [0.717, 1.165) is 11.8 Å².